The molecule has 104 valence electrons. The van der Waals surface area contributed by atoms with E-state index in [0.717, 1.165) is 18.4 Å². The Bertz CT molecular complexity index is 614. The van der Waals surface area contributed by atoms with E-state index in [4.69, 9.17) is 5.11 Å². The summed E-state index contributed by atoms with van der Waals surface area (Å²) in [5, 5.41) is 12.0. The summed E-state index contributed by atoms with van der Waals surface area (Å²) in [5.41, 5.74) is 2.20. The Morgan fingerprint density at radius 2 is 2.15 bits per heavy atom. The van der Waals surface area contributed by atoms with E-state index in [0.29, 0.717) is 17.4 Å². The number of nitrogens with one attached hydrogen (secondary N) is 1. The summed E-state index contributed by atoms with van der Waals surface area (Å²) in [6.45, 7) is -0.0256. The van der Waals surface area contributed by atoms with Crippen LogP contribution in [0.1, 0.15) is 41.4 Å². The molecular formula is C16H18N2O2. The van der Waals surface area contributed by atoms with Gasteiger partial charge in [0, 0.05) is 17.9 Å². The summed E-state index contributed by atoms with van der Waals surface area (Å²) in [6, 6.07) is 11.5. The minimum Gasteiger partial charge on any atom is -0.392 e. The average molecular weight is 270 g/mol. The maximum Gasteiger partial charge on any atom is 0.272 e. The van der Waals surface area contributed by atoms with Gasteiger partial charge in [0.15, 0.2) is 0 Å². The zero-order valence-corrected chi connectivity index (χ0v) is 11.2. The highest BCUT2D eigenvalue weighted by molar-refractivity contribution is 6.03. The van der Waals surface area contributed by atoms with Crippen LogP contribution in [0.4, 0.5) is 5.69 Å². The van der Waals surface area contributed by atoms with Gasteiger partial charge < -0.3 is 15.0 Å². The molecule has 2 N–H and O–H groups in total. The predicted octanol–water partition coefficient (Wildman–Crippen LogP) is 2.96. The van der Waals surface area contributed by atoms with Gasteiger partial charge in [-0.3, -0.25) is 4.79 Å². The lowest BCUT2D eigenvalue weighted by molar-refractivity contribution is 0.101. The maximum absolute atomic E-state index is 12.3. The van der Waals surface area contributed by atoms with E-state index in [1.165, 1.54) is 6.42 Å². The highest BCUT2D eigenvalue weighted by Gasteiger charge is 2.23. The molecule has 2 aromatic rings. The summed E-state index contributed by atoms with van der Waals surface area (Å²) in [6.07, 6.45) is 5.51. The Balaban J connectivity index is 1.77. The second kappa shape index (κ2) is 5.51. The first kappa shape index (κ1) is 12.9. The van der Waals surface area contributed by atoms with Gasteiger partial charge in [-0.2, -0.15) is 0 Å². The Kier molecular flexibility index (Phi) is 3.56. The van der Waals surface area contributed by atoms with Crippen LogP contribution in [-0.4, -0.2) is 15.6 Å². The summed E-state index contributed by atoms with van der Waals surface area (Å²) in [5.74, 6) is -0.100. The molecule has 0 atom stereocenters. The van der Waals surface area contributed by atoms with Gasteiger partial charge in [0.1, 0.15) is 5.69 Å². The molecule has 1 aromatic heterocycles. The van der Waals surface area contributed by atoms with Gasteiger partial charge in [-0.1, -0.05) is 12.1 Å². The van der Waals surface area contributed by atoms with Crippen LogP contribution >= 0.6 is 0 Å². The number of hydrogen-bond donors (Lipinski definition) is 2. The number of hydrogen-bond acceptors (Lipinski definition) is 2. The quantitative estimate of drug-likeness (QED) is 0.897. The second-order valence-corrected chi connectivity index (χ2v) is 5.20. The first-order valence-corrected chi connectivity index (χ1v) is 6.96. The molecule has 3 rings (SSSR count). The number of amides is 1. The number of carbonyl (C=O) groups excluding carboxylic acids is 1. The van der Waals surface area contributed by atoms with E-state index in [9.17, 15) is 4.79 Å². The van der Waals surface area contributed by atoms with Crippen LogP contribution in [0.3, 0.4) is 0 Å². The zero-order valence-electron chi connectivity index (χ0n) is 11.2. The lowest BCUT2D eigenvalue weighted by Gasteiger charge is -2.28. The number of anilines is 1. The van der Waals surface area contributed by atoms with Crippen molar-refractivity contribution in [1.29, 1.82) is 0 Å². The molecule has 1 aromatic carbocycles. The van der Waals surface area contributed by atoms with Crippen LogP contribution in [0, 0.1) is 0 Å². The Morgan fingerprint density at radius 3 is 2.85 bits per heavy atom. The van der Waals surface area contributed by atoms with Gasteiger partial charge in [0.2, 0.25) is 0 Å². The van der Waals surface area contributed by atoms with Crippen molar-refractivity contribution in [3.63, 3.8) is 0 Å². The van der Waals surface area contributed by atoms with E-state index < -0.39 is 0 Å². The molecule has 1 saturated carbocycles. The third-order valence-electron chi connectivity index (χ3n) is 3.85. The minimum atomic E-state index is -0.100. The van der Waals surface area contributed by atoms with Crippen molar-refractivity contribution in [2.24, 2.45) is 0 Å². The van der Waals surface area contributed by atoms with Crippen molar-refractivity contribution in [1.82, 2.24) is 4.57 Å². The zero-order chi connectivity index (χ0) is 13.9. The molecular weight excluding hydrogens is 252 g/mol. The normalized spacial score (nSPS) is 14.8. The van der Waals surface area contributed by atoms with Crippen LogP contribution in [0.5, 0.6) is 0 Å². The Hall–Kier alpha value is -2.07. The summed E-state index contributed by atoms with van der Waals surface area (Å²) >= 11 is 0. The lowest BCUT2D eigenvalue weighted by atomic mass is 9.93. The van der Waals surface area contributed by atoms with Gasteiger partial charge in [0.05, 0.1) is 6.61 Å². The highest BCUT2D eigenvalue weighted by atomic mass is 16.3. The van der Waals surface area contributed by atoms with Crippen molar-refractivity contribution in [2.45, 2.75) is 31.9 Å². The lowest BCUT2D eigenvalue weighted by Crippen LogP contribution is -2.23. The highest BCUT2D eigenvalue weighted by Crippen LogP contribution is 2.32. The SMILES string of the molecule is O=C(Nc1cccc(CO)c1)c1cccn1C1CCC1. The smallest absolute Gasteiger partial charge is 0.272 e. The van der Waals surface area contributed by atoms with Crippen LogP contribution < -0.4 is 5.32 Å². The second-order valence-electron chi connectivity index (χ2n) is 5.20. The largest absolute Gasteiger partial charge is 0.392 e. The molecule has 0 spiro atoms. The van der Waals surface area contributed by atoms with Crippen molar-refractivity contribution in [2.75, 3.05) is 5.32 Å². The topological polar surface area (TPSA) is 54.3 Å². The van der Waals surface area contributed by atoms with Crippen molar-refractivity contribution < 1.29 is 9.90 Å². The number of aromatic nitrogens is 1. The van der Waals surface area contributed by atoms with Crippen LogP contribution in [-0.2, 0) is 6.61 Å². The monoisotopic (exact) mass is 270 g/mol. The summed E-state index contributed by atoms with van der Waals surface area (Å²) in [7, 11) is 0. The molecule has 1 fully saturated rings. The molecule has 0 saturated heterocycles. The van der Waals surface area contributed by atoms with Gasteiger partial charge in [-0.15, -0.1) is 0 Å². The molecule has 4 heteroatoms. The van der Waals surface area contributed by atoms with Crippen molar-refractivity contribution >= 4 is 11.6 Å². The summed E-state index contributed by atoms with van der Waals surface area (Å²) < 4.78 is 2.06. The number of aliphatic hydroxyl groups excluding tert-OH is 1. The van der Waals surface area contributed by atoms with Crippen LogP contribution in [0.15, 0.2) is 42.6 Å². The Labute approximate surface area is 118 Å². The van der Waals surface area contributed by atoms with E-state index in [-0.39, 0.29) is 12.5 Å². The van der Waals surface area contributed by atoms with E-state index in [1.54, 1.807) is 6.07 Å². The third-order valence-corrected chi connectivity index (χ3v) is 3.85. The molecule has 0 radical (unpaired) electrons. The first-order valence-electron chi connectivity index (χ1n) is 6.96. The fraction of sp³-hybridized carbons (Fsp3) is 0.312. The van der Waals surface area contributed by atoms with Gasteiger partial charge in [0.25, 0.3) is 5.91 Å². The number of aliphatic hydroxyl groups is 1. The minimum absolute atomic E-state index is 0.0256. The summed E-state index contributed by atoms with van der Waals surface area (Å²) in [4.78, 5) is 12.3. The molecule has 1 aliphatic carbocycles. The van der Waals surface area contributed by atoms with E-state index in [1.807, 2.05) is 36.5 Å². The predicted molar refractivity (Wildman–Crippen MR) is 77.6 cm³/mol. The molecule has 4 nitrogen and oxygen atoms in total. The van der Waals surface area contributed by atoms with Crippen molar-refractivity contribution in [3.8, 4) is 0 Å². The number of benzene rings is 1. The molecule has 0 aliphatic heterocycles. The van der Waals surface area contributed by atoms with Gasteiger partial charge in [-0.05, 0) is 49.1 Å². The molecule has 0 unspecified atom stereocenters. The first-order chi connectivity index (χ1) is 9.78. The van der Waals surface area contributed by atoms with Crippen LogP contribution in [0.2, 0.25) is 0 Å². The fourth-order valence-corrected chi connectivity index (χ4v) is 2.51. The number of carbonyl (C=O) groups is 1. The fourth-order valence-electron chi connectivity index (χ4n) is 2.51. The van der Waals surface area contributed by atoms with Gasteiger partial charge >= 0.3 is 0 Å². The molecule has 1 heterocycles. The molecule has 1 aliphatic rings. The van der Waals surface area contributed by atoms with E-state index in [2.05, 4.69) is 9.88 Å². The number of nitrogens with zero attached hydrogens (tertiary/aromatic N) is 1. The molecule has 0 bridgehead atoms. The molecule has 20 heavy (non-hydrogen) atoms. The van der Waals surface area contributed by atoms with Gasteiger partial charge in [-0.25, -0.2) is 0 Å². The van der Waals surface area contributed by atoms with E-state index >= 15 is 0 Å². The third kappa shape index (κ3) is 2.47. The maximum atomic E-state index is 12.3. The average Bonchev–Trinajstić information content (AvgIpc) is 2.86. The van der Waals surface area contributed by atoms with Crippen molar-refractivity contribution in [3.05, 3.63) is 53.9 Å². The van der Waals surface area contributed by atoms with Crippen LogP contribution in [0.25, 0.3) is 0 Å². The molecule has 1 amide bonds. The standard InChI is InChI=1S/C16H18N2O2/c19-11-12-4-1-5-13(10-12)17-16(20)15-8-3-9-18(15)14-6-2-7-14/h1,3-5,8-10,14,19H,2,6-7,11H2,(H,17,20). The Morgan fingerprint density at radius 1 is 1.30 bits per heavy atom. The number of rotatable bonds is 4.